The molecule has 0 atom stereocenters. The molecule has 2 aromatic carbocycles. The molecule has 0 aliphatic carbocycles. The zero-order chi connectivity index (χ0) is 14.5. The van der Waals surface area contributed by atoms with Crippen molar-refractivity contribution in [3.8, 4) is 0 Å². The van der Waals surface area contributed by atoms with E-state index >= 15 is 0 Å². The van der Waals surface area contributed by atoms with Gasteiger partial charge in [0.25, 0.3) is 0 Å². The molecule has 0 saturated heterocycles. The number of nitrogens with one attached hydrogen (secondary N) is 1. The highest BCUT2D eigenvalue weighted by Crippen LogP contribution is 2.19. The summed E-state index contributed by atoms with van der Waals surface area (Å²) in [5.74, 6) is -0.0526. The molecule has 2 nitrogen and oxygen atoms in total. The number of hydrogen-bond donors (Lipinski definition) is 1. The van der Waals surface area contributed by atoms with Crippen LogP contribution in [0.25, 0.3) is 0 Å². The molecular weight excluding hydrogens is 338 g/mol. The Balaban J connectivity index is 2.00. The van der Waals surface area contributed by atoms with Gasteiger partial charge in [0.15, 0.2) is 5.78 Å². The largest absolute Gasteiger partial charge is 0.362 e. The zero-order valence-electron chi connectivity index (χ0n) is 10.9. The predicted octanol–water partition coefficient (Wildman–Crippen LogP) is 5.22. The van der Waals surface area contributed by atoms with Gasteiger partial charge in [-0.25, -0.2) is 0 Å². The SMILES string of the molecule is Cc1ccc(N/C=C/C(=O)c2ccc(Br)cc2)cc1Cl. The molecule has 0 bridgehead atoms. The highest BCUT2D eigenvalue weighted by molar-refractivity contribution is 9.10. The maximum atomic E-state index is 11.9. The van der Waals surface area contributed by atoms with Gasteiger partial charge in [-0.1, -0.05) is 33.6 Å². The van der Waals surface area contributed by atoms with Crippen molar-refractivity contribution in [3.63, 3.8) is 0 Å². The number of carbonyl (C=O) groups excluding carboxylic acids is 1. The summed E-state index contributed by atoms with van der Waals surface area (Å²) < 4.78 is 0.949. The van der Waals surface area contributed by atoms with E-state index in [4.69, 9.17) is 11.6 Å². The van der Waals surface area contributed by atoms with Gasteiger partial charge in [-0.05, 0) is 48.9 Å². The smallest absolute Gasteiger partial charge is 0.187 e. The fourth-order valence-corrected chi connectivity index (χ4v) is 2.05. The third kappa shape index (κ3) is 3.95. The number of benzene rings is 2. The molecule has 0 spiro atoms. The first kappa shape index (κ1) is 14.8. The number of aryl methyl sites for hydroxylation is 1. The summed E-state index contributed by atoms with van der Waals surface area (Å²) >= 11 is 9.37. The second-order valence-electron chi connectivity index (χ2n) is 4.31. The van der Waals surface area contributed by atoms with Gasteiger partial charge < -0.3 is 5.32 Å². The van der Waals surface area contributed by atoms with Gasteiger partial charge in [0.2, 0.25) is 0 Å². The van der Waals surface area contributed by atoms with Gasteiger partial charge in [-0.15, -0.1) is 0 Å². The summed E-state index contributed by atoms with van der Waals surface area (Å²) in [6.07, 6.45) is 3.11. The number of rotatable bonds is 4. The molecule has 0 unspecified atom stereocenters. The molecule has 0 heterocycles. The highest BCUT2D eigenvalue weighted by atomic mass is 79.9. The van der Waals surface area contributed by atoms with Gasteiger partial charge in [0.05, 0.1) is 0 Å². The molecule has 0 radical (unpaired) electrons. The minimum absolute atomic E-state index is 0.0526. The number of ketones is 1. The summed E-state index contributed by atoms with van der Waals surface area (Å²) in [6, 6.07) is 12.9. The van der Waals surface area contributed by atoms with Crippen molar-refractivity contribution in [1.29, 1.82) is 0 Å². The van der Waals surface area contributed by atoms with E-state index in [0.29, 0.717) is 10.6 Å². The van der Waals surface area contributed by atoms with Crippen molar-refractivity contribution in [2.75, 3.05) is 5.32 Å². The summed E-state index contributed by atoms with van der Waals surface area (Å²) in [4.78, 5) is 11.9. The maximum Gasteiger partial charge on any atom is 0.187 e. The van der Waals surface area contributed by atoms with E-state index in [-0.39, 0.29) is 5.78 Å². The fourth-order valence-electron chi connectivity index (χ4n) is 1.61. The lowest BCUT2D eigenvalue weighted by molar-refractivity contribution is 0.104. The van der Waals surface area contributed by atoms with Crippen LogP contribution < -0.4 is 5.32 Å². The quantitative estimate of drug-likeness (QED) is 0.605. The van der Waals surface area contributed by atoms with E-state index in [9.17, 15) is 4.79 Å². The Morgan fingerprint density at radius 3 is 2.55 bits per heavy atom. The standard InChI is InChI=1S/C16H13BrClNO/c1-11-2-7-14(10-15(11)18)19-9-8-16(20)12-3-5-13(17)6-4-12/h2-10,19H,1H3/b9-8+. The second-order valence-corrected chi connectivity index (χ2v) is 5.64. The lowest BCUT2D eigenvalue weighted by Crippen LogP contribution is -1.96. The van der Waals surface area contributed by atoms with Gasteiger partial charge in [-0.2, -0.15) is 0 Å². The van der Waals surface area contributed by atoms with Crippen molar-refractivity contribution in [2.45, 2.75) is 6.92 Å². The fraction of sp³-hybridized carbons (Fsp3) is 0.0625. The Bertz CT molecular complexity index is 650. The van der Waals surface area contributed by atoms with E-state index in [1.54, 1.807) is 18.3 Å². The third-order valence-electron chi connectivity index (χ3n) is 2.79. The van der Waals surface area contributed by atoms with Crippen LogP contribution in [0.5, 0.6) is 0 Å². The number of hydrogen-bond acceptors (Lipinski definition) is 2. The normalized spacial score (nSPS) is 10.8. The van der Waals surface area contributed by atoms with Crippen LogP contribution in [-0.4, -0.2) is 5.78 Å². The summed E-state index contributed by atoms with van der Waals surface area (Å²) in [5, 5.41) is 3.73. The number of halogens is 2. The van der Waals surface area contributed by atoms with Crippen molar-refractivity contribution in [2.24, 2.45) is 0 Å². The first-order chi connectivity index (χ1) is 9.56. The van der Waals surface area contributed by atoms with Gasteiger partial charge in [0, 0.05) is 33.0 Å². The van der Waals surface area contributed by atoms with Crippen LogP contribution in [0.1, 0.15) is 15.9 Å². The first-order valence-corrected chi connectivity index (χ1v) is 7.22. The van der Waals surface area contributed by atoms with E-state index in [0.717, 1.165) is 15.7 Å². The molecule has 0 aliphatic rings. The number of carbonyl (C=O) groups is 1. The summed E-state index contributed by atoms with van der Waals surface area (Å²) in [7, 11) is 0. The molecule has 0 aliphatic heterocycles. The highest BCUT2D eigenvalue weighted by Gasteiger charge is 2.01. The summed E-state index contributed by atoms with van der Waals surface area (Å²) in [6.45, 7) is 1.94. The molecule has 4 heteroatoms. The molecular formula is C16H13BrClNO. The Morgan fingerprint density at radius 1 is 1.20 bits per heavy atom. The Kier molecular flexibility index (Phi) is 4.99. The molecule has 2 rings (SSSR count). The number of anilines is 1. The van der Waals surface area contributed by atoms with Gasteiger partial charge in [0.1, 0.15) is 0 Å². The van der Waals surface area contributed by atoms with Gasteiger partial charge in [-0.3, -0.25) is 4.79 Å². The lowest BCUT2D eigenvalue weighted by Gasteiger charge is -2.03. The molecule has 0 fully saturated rings. The molecule has 0 aromatic heterocycles. The first-order valence-electron chi connectivity index (χ1n) is 6.05. The Hall–Kier alpha value is -1.58. The minimum atomic E-state index is -0.0526. The molecule has 102 valence electrons. The predicted molar refractivity (Wildman–Crippen MR) is 87.4 cm³/mol. The van der Waals surface area contributed by atoms with Crippen molar-refractivity contribution in [1.82, 2.24) is 0 Å². The lowest BCUT2D eigenvalue weighted by atomic mass is 10.1. The van der Waals surface area contributed by atoms with Crippen LogP contribution in [0.2, 0.25) is 5.02 Å². The average molecular weight is 351 g/mol. The van der Waals surface area contributed by atoms with Crippen LogP contribution in [0, 0.1) is 6.92 Å². The molecule has 2 aromatic rings. The van der Waals surface area contributed by atoms with E-state index in [1.807, 2.05) is 37.3 Å². The minimum Gasteiger partial charge on any atom is -0.362 e. The Morgan fingerprint density at radius 2 is 1.90 bits per heavy atom. The summed E-state index contributed by atoms with van der Waals surface area (Å²) in [5.41, 5.74) is 2.51. The molecule has 0 saturated carbocycles. The van der Waals surface area contributed by atoms with Crippen molar-refractivity contribution in [3.05, 3.63) is 75.4 Å². The van der Waals surface area contributed by atoms with E-state index in [1.165, 1.54) is 6.08 Å². The zero-order valence-corrected chi connectivity index (χ0v) is 13.2. The topological polar surface area (TPSA) is 29.1 Å². The Labute approximate surface area is 131 Å². The third-order valence-corrected chi connectivity index (χ3v) is 3.72. The molecule has 20 heavy (non-hydrogen) atoms. The molecule has 1 N–H and O–H groups in total. The van der Waals surface area contributed by atoms with Gasteiger partial charge >= 0.3 is 0 Å². The second kappa shape index (κ2) is 6.73. The van der Waals surface area contributed by atoms with E-state index < -0.39 is 0 Å². The van der Waals surface area contributed by atoms with Crippen LogP contribution in [0.3, 0.4) is 0 Å². The van der Waals surface area contributed by atoms with Crippen LogP contribution >= 0.6 is 27.5 Å². The monoisotopic (exact) mass is 349 g/mol. The molecule has 0 amide bonds. The van der Waals surface area contributed by atoms with Crippen LogP contribution in [-0.2, 0) is 0 Å². The van der Waals surface area contributed by atoms with Crippen molar-refractivity contribution < 1.29 is 4.79 Å². The van der Waals surface area contributed by atoms with Crippen LogP contribution in [0.4, 0.5) is 5.69 Å². The maximum absolute atomic E-state index is 11.9. The van der Waals surface area contributed by atoms with Crippen LogP contribution in [0.15, 0.2) is 59.2 Å². The van der Waals surface area contributed by atoms with E-state index in [2.05, 4.69) is 21.2 Å². The number of allylic oxidation sites excluding steroid dienone is 1. The average Bonchev–Trinajstić information content (AvgIpc) is 2.43. The van der Waals surface area contributed by atoms with Crippen molar-refractivity contribution >= 4 is 39.0 Å².